The predicted octanol–water partition coefficient (Wildman–Crippen LogP) is 6.64. The van der Waals surface area contributed by atoms with Gasteiger partial charge >= 0.3 is 6.18 Å². The summed E-state index contributed by atoms with van der Waals surface area (Å²) in [6.07, 6.45) is -2.74. The van der Waals surface area contributed by atoms with Crippen molar-refractivity contribution in [1.82, 2.24) is 15.0 Å². The topological polar surface area (TPSA) is 82.7 Å². The molecule has 6 nitrogen and oxygen atoms in total. The van der Waals surface area contributed by atoms with Gasteiger partial charge in [-0.2, -0.15) is 13.2 Å². The highest BCUT2D eigenvalue weighted by Crippen LogP contribution is 2.30. The van der Waals surface area contributed by atoms with Gasteiger partial charge in [0, 0.05) is 28.7 Å². The molecule has 0 atom stereocenters. The van der Waals surface area contributed by atoms with Gasteiger partial charge in [0.15, 0.2) is 0 Å². The SMILES string of the molecule is O=C(Nc1cccc(Nc2nc(-c3ccccc3)c3[nH]ccc3n2)c1)c1cccc(C(F)(F)F)c1. The Balaban J connectivity index is 1.39. The molecule has 3 N–H and O–H groups in total. The van der Waals surface area contributed by atoms with Gasteiger partial charge in [-0.3, -0.25) is 4.79 Å². The number of aromatic amines is 1. The second kappa shape index (κ2) is 8.94. The largest absolute Gasteiger partial charge is 0.416 e. The lowest BCUT2D eigenvalue weighted by Crippen LogP contribution is -2.14. The van der Waals surface area contributed by atoms with Crippen LogP contribution in [0, 0.1) is 0 Å². The molecule has 0 saturated carbocycles. The molecule has 0 aliphatic rings. The highest BCUT2D eigenvalue weighted by Gasteiger charge is 2.30. The maximum Gasteiger partial charge on any atom is 0.416 e. The Labute approximate surface area is 197 Å². The van der Waals surface area contributed by atoms with E-state index in [1.807, 2.05) is 36.4 Å². The number of hydrogen-bond acceptors (Lipinski definition) is 4. The maximum absolute atomic E-state index is 13.0. The van der Waals surface area contributed by atoms with Crippen LogP contribution < -0.4 is 10.6 Å². The van der Waals surface area contributed by atoms with Crippen molar-refractivity contribution in [3.63, 3.8) is 0 Å². The molecule has 0 fully saturated rings. The monoisotopic (exact) mass is 473 g/mol. The minimum Gasteiger partial charge on any atom is -0.358 e. The van der Waals surface area contributed by atoms with Gasteiger partial charge in [0.25, 0.3) is 5.91 Å². The van der Waals surface area contributed by atoms with Crippen molar-refractivity contribution in [3.8, 4) is 11.3 Å². The normalized spacial score (nSPS) is 11.4. The lowest BCUT2D eigenvalue weighted by Gasteiger charge is -2.11. The zero-order chi connectivity index (χ0) is 24.4. The first-order valence-electron chi connectivity index (χ1n) is 10.6. The minimum atomic E-state index is -4.53. The number of benzene rings is 3. The summed E-state index contributed by atoms with van der Waals surface area (Å²) in [6.45, 7) is 0. The van der Waals surface area contributed by atoms with Gasteiger partial charge in [0.1, 0.15) is 0 Å². The molecule has 5 aromatic rings. The van der Waals surface area contributed by atoms with E-state index in [4.69, 9.17) is 0 Å². The van der Waals surface area contributed by atoms with Crippen LogP contribution in [0.15, 0.2) is 91.1 Å². The number of nitrogens with zero attached hydrogens (tertiary/aromatic N) is 2. The van der Waals surface area contributed by atoms with Crippen LogP contribution in [0.3, 0.4) is 0 Å². The van der Waals surface area contributed by atoms with Gasteiger partial charge < -0.3 is 15.6 Å². The molecule has 1 amide bonds. The van der Waals surface area contributed by atoms with E-state index in [0.717, 1.165) is 34.4 Å². The standard InChI is InChI=1S/C26H18F3N5O/c27-26(28,29)18-9-4-8-17(14-18)24(35)31-19-10-5-11-20(15-19)32-25-33-21-12-13-30-23(21)22(34-25)16-6-2-1-3-7-16/h1-15,30H,(H,31,35)(H,32,33,34). The van der Waals surface area contributed by atoms with Crippen molar-refractivity contribution in [1.29, 1.82) is 0 Å². The Bertz CT molecular complexity index is 1510. The third kappa shape index (κ3) is 4.84. The number of amides is 1. The van der Waals surface area contributed by atoms with Crippen molar-refractivity contribution in [3.05, 3.63) is 102 Å². The van der Waals surface area contributed by atoms with E-state index in [1.165, 1.54) is 12.1 Å². The number of H-pyrrole nitrogens is 1. The third-order valence-electron chi connectivity index (χ3n) is 5.28. The summed E-state index contributed by atoms with van der Waals surface area (Å²) in [6, 6.07) is 22.6. The molecule has 35 heavy (non-hydrogen) atoms. The number of fused-ring (bicyclic) bond motifs is 1. The van der Waals surface area contributed by atoms with Crippen molar-refractivity contribution in [2.75, 3.05) is 10.6 Å². The van der Waals surface area contributed by atoms with Crippen LogP contribution in [-0.4, -0.2) is 20.9 Å². The minimum absolute atomic E-state index is 0.0908. The van der Waals surface area contributed by atoms with E-state index < -0.39 is 17.6 Å². The first-order chi connectivity index (χ1) is 16.9. The molecular formula is C26H18F3N5O. The van der Waals surface area contributed by atoms with Gasteiger partial charge in [-0.25, -0.2) is 9.97 Å². The molecule has 5 rings (SSSR count). The number of halogens is 3. The summed E-state index contributed by atoms with van der Waals surface area (Å²) in [5.41, 5.74) is 3.23. The van der Waals surface area contributed by atoms with Crippen molar-refractivity contribution in [2.24, 2.45) is 0 Å². The molecule has 2 heterocycles. The third-order valence-corrected chi connectivity index (χ3v) is 5.28. The highest BCUT2D eigenvalue weighted by atomic mass is 19.4. The summed E-state index contributed by atoms with van der Waals surface area (Å²) in [7, 11) is 0. The fourth-order valence-electron chi connectivity index (χ4n) is 3.65. The van der Waals surface area contributed by atoms with Crippen LogP contribution in [0.1, 0.15) is 15.9 Å². The summed E-state index contributed by atoms with van der Waals surface area (Å²) in [4.78, 5) is 24.9. The summed E-state index contributed by atoms with van der Waals surface area (Å²) >= 11 is 0. The number of carbonyl (C=O) groups excluding carboxylic acids is 1. The van der Waals surface area contributed by atoms with Gasteiger partial charge in [0.05, 0.1) is 22.3 Å². The zero-order valence-corrected chi connectivity index (χ0v) is 18.1. The second-order valence-electron chi connectivity index (χ2n) is 7.74. The van der Waals surface area contributed by atoms with Gasteiger partial charge in [-0.15, -0.1) is 0 Å². The van der Waals surface area contributed by atoms with E-state index in [0.29, 0.717) is 17.3 Å². The lowest BCUT2D eigenvalue weighted by atomic mass is 10.1. The van der Waals surface area contributed by atoms with E-state index in [1.54, 1.807) is 30.5 Å². The maximum atomic E-state index is 13.0. The first-order valence-corrected chi connectivity index (χ1v) is 10.6. The van der Waals surface area contributed by atoms with E-state index in [2.05, 4.69) is 25.6 Å². The number of carbonyl (C=O) groups is 1. The van der Waals surface area contributed by atoms with Gasteiger partial charge in [-0.1, -0.05) is 42.5 Å². The van der Waals surface area contributed by atoms with Gasteiger partial charge in [0.2, 0.25) is 5.95 Å². The van der Waals surface area contributed by atoms with Gasteiger partial charge in [-0.05, 0) is 42.5 Å². The average molecular weight is 473 g/mol. The summed E-state index contributed by atoms with van der Waals surface area (Å²) in [5.74, 6) is -0.290. The van der Waals surface area contributed by atoms with Crippen LogP contribution in [-0.2, 0) is 6.18 Å². The molecule has 0 unspecified atom stereocenters. The fraction of sp³-hybridized carbons (Fsp3) is 0.0385. The number of alkyl halides is 3. The zero-order valence-electron chi connectivity index (χ0n) is 18.1. The van der Waals surface area contributed by atoms with Crippen LogP contribution in [0.4, 0.5) is 30.5 Å². The molecule has 174 valence electrons. The molecule has 0 saturated heterocycles. The van der Waals surface area contributed by atoms with E-state index >= 15 is 0 Å². The number of rotatable bonds is 5. The Morgan fingerprint density at radius 3 is 2.40 bits per heavy atom. The molecule has 0 radical (unpaired) electrons. The first kappa shape index (κ1) is 22.1. The number of aromatic nitrogens is 3. The quantitative estimate of drug-likeness (QED) is 0.267. The van der Waals surface area contributed by atoms with Crippen LogP contribution in [0.25, 0.3) is 22.3 Å². The molecule has 0 bridgehead atoms. The Morgan fingerprint density at radius 1 is 0.829 bits per heavy atom. The Hall–Kier alpha value is -4.66. The average Bonchev–Trinajstić information content (AvgIpc) is 3.32. The van der Waals surface area contributed by atoms with Crippen LogP contribution >= 0.6 is 0 Å². The molecule has 0 aliphatic carbocycles. The summed E-state index contributed by atoms with van der Waals surface area (Å²) in [5, 5.41) is 5.78. The Morgan fingerprint density at radius 2 is 1.60 bits per heavy atom. The molecule has 2 aromatic heterocycles. The molecule has 0 aliphatic heterocycles. The molecule has 0 spiro atoms. The molecule has 3 aromatic carbocycles. The highest BCUT2D eigenvalue weighted by molar-refractivity contribution is 6.04. The van der Waals surface area contributed by atoms with Crippen LogP contribution in [0.5, 0.6) is 0 Å². The van der Waals surface area contributed by atoms with E-state index in [9.17, 15) is 18.0 Å². The smallest absolute Gasteiger partial charge is 0.358 e. The number of nitrogens with one attached hydrogen (secondary N) is 3. The van der Waals surface area contributed by atoms with Crippen molar-refractivity contribution in [2.45, 2.75) is 6.18 Å². The number of hydrogen-bond donors (Lipinski definition) is 3. The van der Waals surface area contributed by atoms with Crippen LogP contribution in [0.2, 0.25) is 0 Å². The van der Waals surface area contributed by atoms with Crippen molar-refractivity contribution < 1.29 is 18.0 Å². The van der Waals surface area contributed by atoms with E-state index in [-0.39, 0.29) is 5.56 Å². The fourth-order valence-corrected chi connectivity index (χ4v) is 3.65. The number of anilines is 3. The Kier molecular flexibility index (Phi) is 5.66. The molecule has 9 heteroatoms. The lowest BCUT2D eigenvalue weighted by molar-refractivity contribution is -0.137. The molecular weight excluding hydrogens is 455 g/mol. The predicted molar refractivity (Wildman–Crippen MR) is 128 cm³/mol. The second-order valence-corrected chi connectivity index (χ2v) is 7.74. The van der Waals surface area contributed by atoms with Crippen molar-refractivity contribution >= 4 is 34.3 Å². The summed E-state index contributed by atoms with van der Waals surface area (Å²) < 4.78 is 38.9.